The average Bonchev–Trinajstić information content (AvgIpc) is 2.85. The van der Waals surface area contributed by atoms with Crippen LogP contribution in [0.15, 0.2) is 4.99 Å². The molecule has 0 aromatic rings. The first-order chi connectivity index (χ1) is 9.61. The fraction of sp³-hybridized carbons (Fsp3) is 0.882. The van der Waals surface area contributed by atoms with Crippen LogP contribution in [0.5, 0.6) is 0 Å². The molecule has 0 aromatic carbocycles. The van der Waals surface area contributed by atoms with Crippen LogP contribution in [0.1, 0.15) is 60.8 Å². The largest absolute Gasteiger partial charge is 0.361 e. The molecule has 1 N–H and O–H groups in total. The minimum absolute atomic E-state index is 0.0255. The second kappa shape index (κ2) is 4.50. The van der Waals surface area contributed by atoms with Gasteiger partial charge in [-0.05, 0) is 48.9 Å². The van der Waals surface area contributed by atoms with Gasteiger partial charge in [0.15, 0.2) is 5.17 Å². The summed E-state index contributed by atoms with van der Waals surface area (Å²) < 4.78 is -0.392. The van der Waals surface area contributed by atoms with E-state index in [9.17, 15) is 4.79 Å². The van der Waals surface area contributed by atoms with Crippen molar-refractivity contribution in [3.05, 3.63) is 0 Å². The maximum Gasteiger partial charge on any atom is 0.264 e. The van der Waals surface area contributed by atoms with Gasteiger partial charge in [0.25, 0.3) is 5.91 Å². The quantitative estimate of drug-likeness (QED) is 0.843. The number of hydrogen-bond acceptors (Lipinski definition) is 3. The SMILES string of the molecule is CC(C)C1(C)SC(N[C@@H]2C[C@H]3CC[C@]2(C)C3(C)C)=NC1=O. The van der Waals surface area contributed by atoms with Crippen molar-refractivity contribution in [3.8, 4) is 0 Å². The summed E-state index contributed by atoms with van der Waals surface area (Å²) in [7, 11) is 0. The van der Waals surface area contributed by atoms with Gasteiger partial charge in [0.05, 0.1) is 0 Å². The molecule has 118 valence electrons. The van der Waals surface area contributed by atoms with Gasteiger partial charge in [0.1, 0.15) is 4.75 Å². The van der Waals surface area contributed by atoms with Crippen LogP contribution in [-0.2, 0) is 4.79 Å². The Labute approximate surface area is 132 Å². The number of rotatable bonds is 2. The second-order valence-electron chi connectivity index (χ2n) is 8.39. The van der Waals surface area contributed by atoms with Gasteiger partial charge >= 0.3 is 0 Å². The van der Waals surface area contributed by atoms with E-state index >= 15 is 0 Å². The third-order valence-corrected chi connectivity index (χ3v) is 8.60. The summed E-state index contributed by atoms with van der Waals surface area (Å²) in [4.78, 5) is 16.6. The number of nitrogens with one attached hydrogen (secondary N) is 1. The van der Waals surface area contributed by atoms with Crippen LogP contribution >= 0.6 is 11.8 Å². The Morgan fingerprint density at radius 3 is 2.38 bits per heavy atom. The van der Waals surface area contributed by atoms with Crippen LogP contribution in [0, 0.1) is 22.7 Å². The number of amidine groups is 1. The Kier molecular flexibility index (Phi) is 3.30. The Morgan fingerprint density at radius 2 is 1.95 bits per heavy atom. The molecule has 3 nitrogen and oxygen atoms in total. The Morgan fingerprint density at radius 1 is 1.29 bits per heavy atom. The second-order valence-corrected chi connectivity index (χ2v) is 9.83. The predicted octanol–water partition coefficient (Wildman–Crippen LogP) is 3.83. The number of amides is 1. The number of carbonyl (C=O) groups is 1. The van der Waals surface area contributed by atoms with E-state index in [0.29, 0.717) is 22.8 Å². The van der Waals surface area contributed by atoms with Gasteiger partial charge in [-0.15, -0.1) is 0 Å². The normalized spacial score (nSPS) is 44.5. The van der Waals surface area contributed by atoms with E-state index in [1.54, 1.807) is 11.8 Å². The molecule has 2 fully saturated rings. The molecule has 3 aliphatic rings. The van der Waals surface area contributed by atoms with Gasteiger partial charge in [0.2, 0.25) is 0 Å². The van der Waals surface area contributed by atoms with Crippen LogP contribution in [0.3, 0.4) is 0 Å². The van der Waals surface area contributed by atoms with Crippen LogP contribution in [0.2, 0.25) is 0 Å². The van der Waals surface area contributed by atoms with Crippen LogP contribution in [0.25, 0.3) is 0 Å². The fourth-order valence-electron chi connectivity index (χ4n) is 4.47. The maximum atomic E-state index is 12.2. The van der Waals surface area contributed by atoms with E-state index in [0.717, 1.165) is 11.1 Å². The summed E-state index contributed by atoms with van der Waals surface area (Å²) in [6, 6.07) is 0.458. The highest BCUT2D eigenvalue weighted by atomic mass is 32.2. The van der Waals surface area contributed by atoms with E-state index < -0.39 is 4.75 Å². The van der Waals surface area contributed by atoms with Gasteiger partial charge < -0.3 is 5.32 Å². The predicted molar refractivity (Wildman–Crippen MR) is 89.4 cm³/mol. The van der Waals surface area contributed by atoms with Crippen molar-refractivity contribution in [2.24, 2.45) is 27.7 Å². The van der Waals surface area contributed by atoms with Gasteiger partial charge in [0, 0.05) is 6.04 Å². The van der Waals surface area contributed by atoms with E-state index in [1.165, 1.54) is 19.3 Å². The van der Waals surface area contributed by atoms with Gasteiger partial charge in [-0.25, -0.2) is 0 Å². The molecule has 3 rings (SSSR count). The van der Waals surface area contributed by atoms with E-state index in [2.05, 4.69) is 44.9 Å². The zero-order valence-electron chi connectivity index (χ0n) is 14.1. The Hall–Kier alpha value is -0.510. The number of fused-ring (bicyclic) bond motifs is 2. The zero-order chi connectivity index (χ0) is 15.6. The summed E-state index contributed by atoms with van der Waals surface area (Å²) >= 11 is 1.63. The molecule has 21 heavy (non-hydrogen) atoms. The van der Waals surface area contributed by atoms with E-state index in [4.69, 9.17) is 0 Å². The molecular weight excluding hydrogens is 280 g/mol. The number of carbonyl (C=O) groups excluding carboxylic acids is 1. The number of thioether (sulfide) groups is 1. The Balaban J connectivity index is 1.76. The molecule has 0 saturated heterocycles. The molecule has 1 unspecified atom stereocenters. The molecule has 2 bridgehead atoms. The number of aliphatic imine (C=N–C) groups is 1. The zero-order valence-corrected chi connectivity index (χ0v) is 14.9. The fourth-order valence-corrected chi connectivity index (χ4v) is 5.57. The highest BCUT2D eigenvalue weighted by Gasteiger charge is 2.61. The molecular formula is C17H28N2OS. The maximum absolute atomic E-state index is 12.2. The highest BCUT2D eigenvalue weighted by molar-refractivity contribution is 8.16. The van der Waals surface area contributed by atoms with Crippen LogP contribution < -0.4 is 5.32 Å². The third kappa shape index (κ3) is 1.94. The minimum atomic E-state index is -0.392. The molecule has 0 radical (unpaired) electrons. The first kappa shape index (κ1) is 15.4. The molecule has 0 spiro atoms. The van der Waals surface area contributed by atoms with Crippen molar-refractivity contribution in [1.82, 2.24) is 5.32 Å². The molecule has 4 atom stereocenters. The molecule has 1 heterocycles. The molecule has 1 aliphatic heterocycles. The third-order valence-electron chi connectivity index (χ3n) is 7.13. The summed E-state index contributed by atoms with van der Waals surface area (Å²) in [5.74, 6) is 1.13. The lowest BCUT2D eigenvalue weighted by Gasteiger charge is -2.39. The molecule has 2 saturated carbocycles. The molecule has 0 aromatic heterocycles. The Bertz CT molecular complexity index is 513. The molecule has 4 heteroatoms. The van der Waals surface area contributed by atoms with Gasteiger partial charge in [-0.2, -0.15) is 4.99 Å². The standard InChI is InChI=1S/C17H28N2OS/c1-10(2)17(6)13(20)19-14(21-17)18-12-9-11-7-8-16(12,5)15(11,3)4/h10-12H,7-9H2,1-6H3,(H,18,19,20)/t11-,12-,16+,17?/m1/s1. The van der Waals surface area contributed by atoms with Gasteiger partial charge in [-0.1, -0.05) is 46.4 Å². The molecule has 2 aliphatic carbocycles. The lowest BCUT2D eigenvalue weighted by Crippen LogP contribution is -2.46. The smallest absolute Gasteiger partial charge is 0.264 e. The van der Waals surface area contributed by atoms with Crippen molar-refractivity contribution >= 4 is 22.8 Å². The monoisotopic (exact) mass is 308 g/mol. The summed E-state index contributed by atoms with van der Waals surface area (Å²) in [5, 5.41) is 4.49. The van der Waals surface area contributed by atoms with Crippen molar-refractivity contribution in [2.45, 2.75) is 71.6 Å². The lowest BCUT2D eigenvalue weighted by atomic mass is 9.69. The highest BCUT2D eigenvalue weighted by Crippen LogP contribution is 2.65. The van der Waals surface area contributed by atoms with Crippen LogP contribution in [-0.4, -0.2) is 21.9 Å². The summed E-state index contributed by atoms with van der Waals surface area (Å²) in [6.45, 7) is 13.5. The summed E-state index contributed by atoms with van der Waals surface area (Å²) in [6.07, 6.45) is 3.86. The van der Waals surface area contributed by atoms with Crippen molar-refractivity contribution in [3.63, 3.8) is 0 Å². The first-order valence-corrected chi connectivity index (χ1v) is 9.01. The van der Waals surface area contributed by atoms with E-state index in [-0.39, 0.29) is 5.91 Å². The average molecular weight is 308 g/mol. The number of hydrogen-bond donors (Lipinski definition) is 1. The summed E-state index contributed by atoms with van der Waals surface area (Å²) in [5.41, 5.74) is 0.709. The number of nitrogens with zero attached hydrogens (tertiary/aromatic N) is 1. The van der Waals surface area contributed by atoms with Crippen molar-refractivity contribution in [1.29, 1.82) is 0 Å². The minimum Gasteiger partial charge on any atom is -0.361 e. The van der Waals surface area contributed by atoms with Crippen LogP contribution in [0.4, 0.5) is 0 Å². The topological polar surface area (TPSA) is 41.5 Å². The molecule has 1 amide bonds. The van der Waals surface area contributed by atoms with Crippen molar-refractivity contribution < 1.29 is 4.79 Å². The first-order valence-electron chi connectivity index (χ1n) is 8.20. The van der Waals surface area contributed by atoms with Gasteiger partial charge in [-0.3, -0.25) is 4.79 Å². The lowest BCUT2D eigenvalue weighted by molar-refractivity contribution is -0.120. The van der Waals surface area contributed by atoms with E-state index in [1.807, 2.05) is 6.92 Å². The van der Waals surface area contributed by atoms with Crippen molar-refractivity contribution in [2.75, 3.05) is 0 Å².